The van der Waals surface area contributed by atoms with Crippen molar-refractivity contribution in [2.75, 3.05) is 94.6 Å². The van der Waals surface area contributed by atoms with E-state index in [4.69, 9.17) is 31.1 Å². The molecule has 3 aromatic carbocycles. The zero-order valence-corrected chi connectivity index (χ0v) is 76.0. The molecule has 5 aliphatic heterocycles. The predicted octanol–water partition coefficient (Wildman–Crippen LogP) is -1.21. The molecule has 2 bridgehead atoms. The number of H-pyrrole nitrogens is 1. The number of benzene rings is 3. The van der Waals surface area contributed by atoms with E-state index >= 15 is 9.59 Å². The highest BCUT2D eigenvalue weighted by Crippen LogP contribution is 2.68. The molecule has 16 atom stereocenters. The first-order valence-corrected chi connectivity index (χ1v) is 46.1. The molecule has 3 fully saturated rings. The minimum Gasteiger partial charge on any atom is -0.496 e. The Kier molecular flexibility index (Phi) is 31.7. The molecule has 46 nitrogen and oxygen atoms in total. The minimum atomic E-state index is -2.75. The Morgan fingerprint density at radius 1 is 0.741 bits per heavy atom. The van der Waals surface area contributed by atoms with Gasteiger partial charge in [-0.3, -0.25) is 83.2 Å². The lowest BCUT2D eigenvalue weighted by Gasteiger charge is -2.63. The number of carbonyl (C=O) groups is 14. The molecule has 1 saturated carbocycles. The van der Waals surface area contributed by atoms with E-state index in [1.165, 1.54) is 44.7 Å². The average molecular weight is 1920 g/mol. The molecule has 7 heterocycles. The number of hydrazine groups is 1. The van der Waals surface area contributed by atoms with Crippen molar-refractivity contribution in [2.45, 2.75) is 187 Å². The maximum Gasteiger partial charge on any atom is 0.426 e. The number of carbonyl (C=O) groups excluding carboxylic acids is 9. The number of nitrogens with one attached hydrogen (secondary N) is 12. The van der Waals surface area contributed by atoms with Gasteiger partial charge in [-0.1, -0.05) is 71.9 Å². The van der Waals surface area contributed by atoms with E-state index in [1.807, 2.05) is 55.6 Å². The number of nitrogens with zero attached hydrogens (tertiary/aromatic N) is 6. The monoisotopic (exact) mass is 1910 g/mol. The number of carboxylic acids is 5. The molecule has 12 rings (SSSR count). The first-order valence-electron chi connectivity index (χ1n) is 43.6. The predicted molar refractivity (Wildman–Crippen MR) is 484 cm³/mol. The molecule has 0 radical (unpaired) electrons. The number of aliphatic hydroxyl groups excluding tert-OH is 1. The summed E-state index contributed by atoms with van der Waals surface area (Å²) in [5.74, 6) is -19.1. The number of anilines is 3. The van der Waals surface area contributed by atoms with Gasteiger partial charge in [0.2, 0.25) is 35.5 Å². The summed E-state index contributed by atoms with van der Waals surface area (Å²) < 4.78 is 17.8. The van der Waals surface area contributed by atoms with Crippen LogP contribution in [0, 0.1) is 16.7 Å². The second-order valence-corrected chi connectivity index (χ2v) is 37.1. The second kappa shape index (κ2) is 42.5. The Balaban J connectivity index is 0.656. The quantitative estimate of drug-likeness (QED) is 0.00415. The lowest BCUT2D eigenvalue weighted by molar-refractivity contribution is -0.204. The van der Waals surface area contributed by atoms with Crippen LogP contribution in [0.3, 0.4) is 0 Å². The summed E-state index contributed by atoms with van der Waals surface area (Å²) in [6.07, 6.45) is -1.02. The van der Waals surface area contributed by atoms with Crippen LogP contribution < -0.4 is 80.0 Å². The Morgan fingerprint density at radius 3 is 2.03 bits per heavy atom. The van der Waals surface area contributed by atoms with E-state index < -0.39 is 228 Å². The van der Waals surface area contributed by atoms with E-state index in [9.17, 15) is 103 Å². The lowest BCUT2D eigenvalue weighted by atomic mass is 9.47. The summed E-state index contributed by atoms with van der Waals surface area (Å²) in [6, 6.07) is 3.75. The number of nitrogens with two attached hydrogens (primary N) is 2. The van der Waals surface area contributed by atoms with E-state index in [0.29, 0.717) is 98.8 Å². The number of amides is 8. The van der Waals surface area contributed by atoms with E-state index in [-0.39, 0.29) is 66.7 Å². The summed E-state index contributed by atoms with van der Waals surface area (Å²) in [4.78, 5) is 222. The number of aliphatic hydroxyl groups is 3. The Bertz CT molecular complexity index is 5600. The molecule has 8 amide bonds. The molecule has 5 aromatic rings. The average Bonchev–Trinajstić information content (AvgIpc) is 1.48. The van der Waals surface area contributed by atoms with Crippen LogP contribution in [-0.4, -0.2) is 304 Å². The molecule has 7 aliphatic rings. The third-order valence-corrected chi connectivity index (χ3v) is 28.6. The van der Waals surface area contributed by atoms with Gasteiger partial charge in [-0.05, 0) is 135 Å². The largest absolute Gasteiger partial charge is 0.496 e. The summed E-state index contributed by atoms with van der Waals surface area (Å²) in [5, 5.41) is 115. The zero-order chi connectivity index (χ0) is 97.9. The van der Waals surface area contributed by atoms with Crippen LogP contribution in [0.2, 0.25) is 0 Å². The molecule has 24 N–H and O–H groups in total. The first-order chi connectivity index (χ1) is 64.2. The van der Waals surface area contributed by atoms with Crippen molar-refractivity contribution in [1.29, 1.82) is 5.41 Å². The number of guanidine groups is 1. The molecule has 1 unspecified atom stereocenters. The maximum absolute atomic E-state index is 15.7. The summed E-state index contributed by atoms with van der Waals surface area (Å²) in [6.45, 7) is 5.92. The van der Waals surface area contributed by atoms with Crippen LogP contribution in [0.15, 0.2) is 89.4 Å². The van der Waals surface area contributed by atoms with Gasteiger partial charge < -0.3 is 114 Å². The smallest absolute Gasteiger partial charge is 0.426 e. The van der Waals surface area contributed by atoms with Crippen LogP contribution in [0.4, 0.5) is 22.1 Å². The fraction of sp³-hybridized carbons (Fsp3) is 0.506. The van der Waals surface area contributed by atoms with E-state index in [1.54, 1.807) is 11.9 Å². The normalized spacial score (nSPS) is 24.1. The molecule has 2 saturated heterocycles. The number of likely N-dealkylation sites (N-methyl/N-ethyl adjacent to an activating group) is 1. The van der Waals surface area contributed by atoms with Crippen molar-refractivity contribution in [2.24, 2.45) is 17.1 Å². The number of aromatic nitrogens is 4. The molecular weight excluding hydrogens is 1810 g/mol. The highest BCUT2D eigenvalue weighted by Gasteiger charge is 2.79. The van der Waals surface area contributed by atoms with Crippen LogP contribution in [0.5, 0.6) is 5.75 Å². The summed E-state index contributed by atoms with van der Waals surface area (Å²) in [5.41, 5.74) is 13.5. The number of methoxy groups -OCH3 is 2. The number of hydrogen-bond acceptors (Lipinski definition) is 32. The van der Waals surface area contributed by atoms with Gasteiger partial charge >= 0.3 is 41.9 Å². The molecule has 2 aromatic heterocycles. The van der Waals surface area contributed by atoms with Crippen molar-refractivity contribution in [3.05, 3.63) is 128 Å². The number of rotatable bonds is 41. The fourth-order valence-corrected chi connectivity index (χ4v) is 22.2. The highest BCUT2D eigenvalue weighted by molar-refractivity contribution is 8.76. The van der Waals surface area contributed by atoms with Crippen molar-refractivity contribution < 1.29 is 122 Å². The Morgan fingerprint density at radius 2 is 1.39 bits per heavy atom. The molecule has 2 aliphatic carbocycles. The van der Waals surface area contributed by atoms with Crippen LogP contribution >= 0.6 is 21.6 Å². The third kappa shape index (κ3) is 21.6. The number of aromatic amines is 1. The van der Waals surface area contributed by atoms with Gasteiger partial charge in [0, 0.05) is 103 Å². The number of ether oxygens (including phenoxy) is 3. The SMILES string of the molecule is CC[C@]1(O)C[C@@H]2CN(CCC3=C(Cc4ccccc43)[C@@](C(=O)OC)(c3cc4c(cc3OC)N(C)[C@H]3[C@@](O)(C(=O)NNC(=O)OCCSSC[C@H](NC(=O)[C@H](CC(=O)O)NC(=O)[C@H](CC(=O)O)NC(=O)[C@H](CCCNC(=N)N)NC(=O)[C@H](CC(=O)O)NC(=O)CC[C@H](NC(=O)c5ccc(NCc6cnc7nc(N)[nH]c(=O)c7n6)cc5)C(=O)O)C(=O)O)[C@H](O)[C@]5(CC)C=CCN6CC[C@]43[C@@H]65)C2)C1. The number of aliphatic carboxylic acids is 5. The lowest BCUT2D eigenvalue weighted by Crippen LogP contribution is -2.82. The molecule has 135 heavy (non-hydrogen) atoms. The molecular formula is C87H110N20O26S2. The van der Waals surface area contributed by atoms with Gasteiger partial charge in [-0.15, -0.1) is 0 Å². The molecule has 48 heteroatoms. The van der Waals surface area contributed by atoms with Crippen LogP contribution in [-0.2, 0) is 90.8 Å². The van der Waals surface area contributed by atoms with Crippen LogP contribution in [0.25, 0.3) is 16.7 Å². The Labute approximate surface area is 779 Å². The first kappa shape index (κ1) is 101. The Hall–Kier alpha value is -13.3. The zero-order valence-electron chi connectivity index (χ0n) is 74.3. The van der Waals surface area contributed by atoms with Crippen molar-refractivity contribution in [1.82, 2.24) is 77.8 Å². The second-order valence-electron chi connectivity index (χ2n) is 34.5. The molecule has 726 valence electrons. The molecule has 1 spiro atoms. The van der Waals surface area contributed by atoms with Gasteiger partial charge in [-0.25, -0.2) is 29.8 Å². The standard InChI is InChI=1S/C87H110N20O26S2/c1-6-83(129)36-43-37-86(79(127)132-5,50-30-45-12-8-9-13-48(45)49(50)21-26-106(40-43)42-83)52-31-51-59(35-60(52)131-4)105(3)76-85(51)23-27-107-25-11-22-84(7-2,75(85)107)77(125)87(76,130)78(126)103-104-82(128)133-28-29-134-135-41-58(74(123)124)100-71(119)57(34-64(113)114)99-70(118)56(33-63(111)112)98-68(116)53(14-10-24-91-80(88)89)96-69(117)55(32-62(109)110)95-61(108)20-19-54(73(121)122)97-67(115)44-15-17-46(18-16-44)92-38-47-39-93-66-65(94-47)72(120)102-81(90)101-66/h8-9,11-13,15-18,22,31,35,39,43,53-58,75-77,92,125,129-130H,6-7,10,14,19-21,23-30,32-34,36-38,40-42H2,1-5H3,(H,95,108)(H,96,117)(H,97,115)(H,98,116)(H,99,118)(H,100,119)(H,103,126)(H,104,128)(H,109,110)(H,111,112)(H,113,114)(H,121,122)(H,123,124)(H4,88,89,91)(H3,90,93,101,102,120)/t43-,53-,54-,55-,56-,57-,58-,75-,76+,77+,83-,84+,85+,86+,87-/m0/s1. The minimum absolute atomic E-state index is 0.0227. The maximum atomic E-state index is 15.7. The highest BCUT2D eigenvalue weighted by atomic mass is 33.1. The van der Waals surface area contributed by atoms with Crippen molar-refractivity contribution in [3.8, 4) is 5.75 Å². The van der Waals surface area contributed by atoms with Gasteiger partial charge in [0.15, 0.2) is 22.7 Å². The summed E-state index contributed by atoms with van der Waals surface area (Å²) >= 11 is 0. The number of piperidine rings is 1. The summed E-state index contributed by atoms with van der Waals surface area (Å²) in [7, 11) is 6.31. The van der Waals surface area contributed by atoms with Gasteiger partial charge in [0.1, 0.15) is 60.1 Å². The van der Waals surface area contributed by atoms with Crippen LogP contribution in [0.1, 0.15) is 136 Å². The number of esters is 1. The van der Waals surface area contributed by atoms with Gasteiger partial charge in [0.25, 0.3) is 17.4 Å². The number of hydrogen-bond donors (Lipinski definition) is 22. The van der Waals surface area contributed by atoms with Gasteiger partial charge in [-0.2, -0.15) is 4.98 Å². The number of carboxylic acid groups (broad SMARTS) is 5. The van der Waals surface area contributed by atoms with Crippen molar-refractivity contribution >= 4 is 145 Å². The fourth-order valence-electron chi connectivity index (χ4n) is 20.2. The topological polar surface area (TPSA) is 706 Å². The number of fused-ring (bicyclic) bond motifs is 6. The number of nitrogen functional groups attached to an aromatic ring is 1. The third-order valence-electron chi connectivity index (χ3n) is 26.2. The van der Waals surface area contributed by atoms with Crippen molar-refractivity contribution in [3.63, 3.8) is 0 Å². The van der Waals surface area contributed by atoms with Gasteiger partial charge in [0.05, 0.1) is 63.6 Å². The van der Waals surface area contributed by atoms with E-state index in [0.717, 1.165) is 43.9 Å². The van der Waals surface area contributed by atoms with E-state index in [2.05, 4.69) is 89.9 Å².